The summed E-state index contributed by atoms with van der Waals surface area (Å²) in [6.45, 7) is 8.27. The molecule has 0 aliphatic carbocycles. The molecule has 85 heavy (non-hydrogen) atoms. The smallest absolute Gasteiger partial charge is 0.303 e. The van der Waals surface area contributed by atoms with Crippen LogP contribution in [0.25, 0.3) is 21.9 Å². The van der Waals surface area contributed by atoms with Gasteiger partial charge in [-0.05, 0) is 81.4 Å². The van der Waals surface area contributed by atoms with Gasteiger partial charge in [-0.25, -0.2) is 9.97 Å². The summed E-state index contributed by atoms with van der Waals surface area (Å²) in [6, 6.07) is 11.8. The Morgan fingerprint density at radius 1 is 0.765 bits per heavy atom. The number of imidazole rings is 1. The molecule has 0 saturated carbocycles. The molecule has 4 aromatic rings. The molecule has 0 bridgehead atoms. The molecule has 11 N–H and O–H groups in total. The Balaban J connectivity index is 0.932. The second-order valence-electron chi connectivity index (χ2n) is 22.3. The van der Waals surface area contributed by atoms with Crippen molar-refractivity contribution in [2.24, 2.45) is 23.3 Å². The van der Waals surface area contributed by atoms with Crippen molar-refractivity contribution in [1.29, 1.82) is 0 Å². The summed E-state index contributed by atoms with van der Waals surface area (Å²) >= 11 is 0. The van der Waals surface area contributed by atoms with Crippen LogP contribution in [0.1, 0.15) is 135 Å². The molecule has 6 unspecified atom stereocenters. The first-order valence-electron chi connectivity index (χ1n) is 29.7. The molecule has 24 nitrogen and oxygen atoms in total. The number of nitrogen functional groups attached to an aromatic ring is 1. The third kappa shape index (κ3) is 22.3. The number of ether oxygens (including phenoxy) is 3. The van der Waals surface area contributed by atoms with Gasteiger partial charge in [-0.15, -0.1) is 0 Å². The molecular formula is C61H88N10O14. The molecule has 3 heterocycles. The summed E-state index contributed by atoms with van der Waals surface area (Å²) in [5, 5.41) is 28.2. The summed E-state index contributed by atoms with van der Waals surface area (Å²) in [6.07, 6.45) is 4.16. The number of aliphatic hydroxyl groups is 1. The molecule has 2 aromatic carbocycles. The first kappa shape index (κ1) is 68.5. The number of fused-ring (bicyclic) bond motifs is 3. The molecule has 466 valence electrons. The number of primary amides is 1. The number of benzene rings is 2. The monoisotopic (exact) mass is 1180 g/mol. The predicted molar refractivity (Wildman–Crippen MR) is 317 cm³/mol. The number of carbonyl (C=O) groups is 9. The number of aliphatic carboxylic acids is 1. The Labute approximate surface area is 496 Å². The molecular weight excluding hydrogens is 1100 g/mol. The average Bonchev–Trinajstić information content (AvgIpc) is 2.82. The van der Waals surface area contributed by atoms with Gasteiger partial charge < -0.3 is 67.0 Å². The van der Waals surface area contributed by atoms with Crippen LogP contribution in [0.5, 0.6) is 0 Å². The number of unbranched alkanes of at least 4 members (excludes halogenated alkanes) is 3. The van der Waals surface area contributed by atoms with Crippen LogP contribution in [-0.2, 0) is 76.7 Å². The lowest BCUT2D eigenvalue weighted by atomic mass is 9.91. The number of anilines is 1. The van der Waals surface area contributed by atoms with Gasteiger partial charge >= 0.3 is 5.97 Å². The number of nitrogens with two attached hydrogens (primary N) is 3. The number of aromatic nitrogens is 3. The number of carboxylic acids is 1. The second-order valence-corrected chi connectivity index (χ2v) is 22.3. The van der Waals surface area contributed by atoms with E-state index < -0.39 is 96.9 Å². The third-order valence-corrected chi connectivity index (χ3v) is 14.9. The van der Waals surface area contributed by atoms with Gasteiger partial charge in [0.25, 0.3) is 0 Å². The first-order chi connectivity index (χ1) is 40.7. The van der Waals surface area contributed by atoms with Gasteiger partial charge in [0.15, 0.2) is 23.2 Å². The third-order valence-electron chi connectivity index (χ3n) is 14.9. The molecule has 2 aromatic heterocycles. The zero-order valence-corrected chi connectivity index (χ0v) is 49.7. The van der Waals surface area contributed by atoms with E-state index >= 15 is 0 Å². The minimum absolute atomic E-state index is 0.0114. The number of rotatable bonds is 41. The maximum atomic E-state index is 14.1. The maximum absolute atomic E-state index is 14.1. The summed E-state index contributed by atoms with van der Waals surface area (Å²) in [5.74, 6) is -5.56. The highest BCUT2D eigenvalue weighted by molar-refractivity contribution is 6.06. The van der Waals surface area contributed by atoms with Crippen molar-refractivity contribution in [1.82, 2.24) is 35.4 Å². The lowest BCUT2D eigenvalue weighted by molar-refractivity contribution is -0.143. The topological polar surface area (TPSA) is 370 Å². The lowest BCUT2D eigenvalue weighted by Crippen LogP contribution is -2.57. The fraction of sp³-hybridized carbons (Fsp3) is 0.590. The summed E-state index contributed by atoms with van der Waals surface area (Å²) < 4.78 is 18.8. The van der Waals surface area contributed by atoms with E-state index in [1.165, 1.54) is 11.8 Å². The Kier molecular flexibility index (Phi) is 28.4. The number of nitrogens with zero attached hydrogens (tertiary/aromatic N) is 4. The molecule has 0 spiro atoms. The van der Waals surface area contributed by atoms with E-state index in [1.54, 1.807) is 0 Å². The lowest BCUT2D eigenvalue weighted by Gasteiger charge is -2.31. The number of hydrogen-bond acceptors (Lipinski definition) is 17. The second kappa shape index (κ2) is 35.3. The number of amides is 5. The van der Waals surface area contributed by atoms with Crippen LogP contribution in [0.15, 0.2) is 48.5 Å². The fourth-order valence-electron chi connectivity index (χ4n) is 10.2. The highest BCUT2D eigenvalue weighted by atomic mass is 16.5. The highest BCUT2D eigenvalue weighted by Crippen LogP contribution is 2.30. The van der Waals surface area contributed by atoms with E-state index in [-0.39, 0.29) is 95.8 Å². The van der Waals surface area contributed by atoms with Crippen molar-refractivity contribution in [3.8, 4) is 0 Å². The van der Waals surface area contributed by atoms with Crippen molar-refractivity contribution in [3.05, 3.63) is 65.5 Å². The number of aryl methyl sites for hydroxylation is 2. The zero-order valence-electron chi connectivity index (χ0n) is 49.7. The Morgan fingerprint density at radius 2 is 1.44 bits per heavy atom. The average molecular weight is 1190 g/mol. The van der Waals surface area contributed by atoms with Crippen molar-refractivity contribution in [2.75, 3.05) is 58.5 Å². The van der Waals surface area contributed by atoms with E-state index in [1.807, 2.05) is 32.0 Å². The number of pyridine rings is 1. The van der Waals surface area contributed by atoms with Gasteiger partial charge in [0.2, 0.25) is 29.5 Å². The minimum Gasteiger partial charge on any atom is -0.481 e. The number of nitrogens with one attached hydrogen (secondary N) is 3. The van der Waals surface area contributed by atoms with E-state index in [0.717, 1.165) is 58.2 Å². The maximum Gasteiger partial charge on any atom is 0.303 e. The number of likely N-dealkylation sites (tertiary alicyclic amines) is 1. The van der Waals surface area contributed by atoms with Crippen molar-refractivity contribution < 1.29 is 67.6 Å². The van der Waals surface area contributed by atoms with Crippen LogP contribution in [0.4, 0.5) is 5.82 Å². The SMILES string of the molecule is CCCCc1nc2c(N)nc3ccccc3c2n1Cc1ccc(CCC(=O)COCCOCCOCC(=O)CCCCCC(N)C(=O)NC(CC(C)C)C(=O)N2CCCC2C(=O)NC(CCC(=O)O)C(=O)CC(C(=O)NCC(N)=O)C(C)O)cc1. The van der Waals surface area contributed by atoms with Gasteiger partial charge in [0.1, 0.15) is 36.6 Å². The number of ketones is 3. The van der Waals surface area contributed by atoms with Gasteiger partial charge in [0, 0.05) is 50.6 Å². The molecule has 24 heteroatoms. The first-order valence-corrected chi connectivity index (χ1v) is 29.7. The van der Waals surface area contributed by atoms with Crippen molar-refractivity contribution in [2.45, 2.75) is 167 Å². The van der Waals surface area contributed by atoms with Gasteiger partial charge in [-0.3, -0.25) is 43.2 Å². The van der Waals surface area contributed by atoms with Crippen LogP contribution in [0.3, 0.4) is 0 Å². The Morgan fingerprint density at radius 3 is 2.09 bits per heavy atom. The molecule has 5 amide bonds. The Bertz CT molecular complexity index is 2890. The van der Waals surface area contributed by atoms with Crippen molar-refractivity contribution in [3.63, 3.8) is 0 Å². The quantitative estimate of drug-likeness (QED) is 0.0295. The minimum atomic E-state index is -1.39. The molecule has 6 atom stereocenters. The van der Waals surface area contributed by atoms with Gasteiger partial charge in [-0.1, -0.05) is 82.5 Å². The highest BCUT2D eigenvalue weighted by Gasteiger charge is 2.40. The van der Waals surface area contributed by atoms with Crippen LogP contribution >= 0.6 is 0 Å². The summed E-state index contributed by atoms with van der Waals surface area (Å²) in [7, 11) is 0. The van der Waals surface area contributed by atoms with E-state index in [2.05, 4.69) is 62.8 Å². The standard InChI is InChI=1S/C61H88N10O14/c1-5-6-18-53-69-55-56(44-14-10-11-16-47(44)66-57(55)64)71(53)35-41-21-19-40(20-22-41)23-24-43(74)37-85-31-29-83-28-30-84-36-42(73)13-8-7-9-15-46(62)59(80)68-49(32-38(2)3)61(82)70-27-12-17-50(70)60(81)67-48(25-26-54(77)78)51(75)33-45(39(4)72)58(79)65-34-52(63)76/h10-11,14,16,19-22,38-39,45-46,48-50,72H,5-9,12-13,15,17-18,23-37,62H2,1-4H3,(H2,63,76)(H2,64,66)(H,65,79)(H,67,81)(H,68,80)(H,77,78). The molecule has 0 radical (unpaired) electrons. The summed E-state index contributed by atoms with van der Waals surface area (Å²) in [4.78, 5) is 126. The number of carboxylic acid groups (broad SMARTS) is 1. The van der Waals surface area contributed by atoms with Crippen molar-refractivity contribution >= 4 is 80.6 Å². The fourth-order valence-corrected chi connectivity index (χ4v) is 10.2. The number of carbonyl (C=O) groups excluding carboxylic acids is 8. The van der Waals surface area contributed by atoms with E-state index in [0.29, 0.717) is 50.9 Å². The largest absolute Gasteiger partial charge is 0.481 e. The van der Waals surface area contributed by atoms with E-state index in [9.17, 15) is 53.4 Å². The normalized spacial score (nSPS) is 15.1. The summed E-state index contributed by atoms with van der Waals surface area (Å²) in [5.41, 5.74) is 22.5. The molecule has 1 fully saturated rings. The Hall–Kier alpha value is -7.25. The predicted octanol–water partition coefficient (Wildman–Crippen LogP) is 3.39. The number of aliphatic hydroxyl groups excluding tert-OH is 1. The van der Waals surface area contributed by atoms with Crippen LogP contribution in [0, 0.1) is 11.8 Å². The number of para-hydroxylation sites is 1. The molecule has 1 saturated heterocycles. The van der Waals surface area contributed by atoms with Crippen LogP contribution in [0.2, 0.25) is 0 Å². The molecule has 5 rings (SSSR count). The zero-order chi connectivity index (χ0) is 62.0. The van der Waals surface area contributed by atoms with E-state index in [4.69, 9.17) is 36.4 Å². The van der Waals surface area contributed by atoms with Crippen LogP contribution < -0.4 is 33.2 Å². The number of hydrogen-bond donors (Lipinski definition) is 8. The molecule has 1 aliphatic rings. The molecule has 1 aliphatic heterocycles. The number of Topliss-reactive ketones (excluding diaryl/α,β-unsaturated/α-hetero) is 3. The van der Waals surface area contributed by atoms with Gasteiger partial charge in [0.05, 0.1) is 68.1 Å². The van der Waals surface area contributed by atoms with Crippen LogP contribution in [-0.4, -0.2) is 166 Å². The van der Waals surface area contributed by atoms with Gasteiger partial charge in [-0.2, -0.15) is 0 Å².